The van der Waals surface area contributed by atoms with Crippen molar-refractivity contribution in [3.8, 4) is 0 Å². The number of ether oxygens (including phenoxy) is 2. The lowest BCUT2D eigenvalue weighted by Crippen LogP contribution is -2.64. The molecule has 0 aromatic carbocycles. The lowest BCUT2D eigenvalue weighted by Gasteiger charge is -2.41. The second-order valence-corrected chi connectivity index (χ2v) is 13.2. The van der Waals surface area contributed by atoms with E-state index < -0.39 is 94.5 Å². The van der Waals surface area contributed by atoms with E-state index in [1.165, 1.54) is 38.5 Å². The number of aliphatic hydroxyl groups is 5. The molecule has 15 nitrogen and oxygen atoms in total. The molecule has 0 saturated heterocycles. The highest BCUT2D eigenvalue weighted by molar-refractivity contribution is 7.47. The van der Waals surface area contributed by atoms with Gasteiger partial charge in [0.25, 0.3) is 0 Å². The maximum absolute atomic E-state index is 12.5. The average molecular weight is 699 g/mol. The summed E-state index contributed by atoms with van der Waals surface area (Å²) >= 11 is 0. The molecule has 0 spiro atoms. The first-order valence-corrected chi connectivity index (χ1v) is 18.1. The van der Waals surface area contributed by atoms with Gasteiger partial charge < -0.3 is 45.0 Å². The quantitative estimate of drug-likeness (QED) is 0.0297. The van der Waals surface area contributed by atoms with Gasteiger partial charge in [0, 0.05) is 6.42 Å². The van der Waals surface area contributed by atoms with Crippen LogP contribution in [0.3, 0.4) is 0 Å². The van der Waals surface area contributed by atoms with Crippen LogP contribution in [0.5, 0.6) is 0 Å². The maximum Gasteiger partial charge on any atom is 0.472 e. The van der Waals surface area contributed by atoms with Crippen LogP contribution in [0.2, 0.25) is 0 Å². The Morgan fingerprint density at radius 3 is 1.74 bits per heavy atom. The number of phosphoric ester groups is 1. The van der Waals surface area contributed by atoms with Gasteiger partial charge in [0.1, 0.15) is 43.2 Å². The monoisotopic (exact) mass is 698 g/mol. The molecule has 8 atom stereocenters. The number of esters is 2. The molecule has 0 aromatic rings. The summed E-state index contributed by atoms with van der Waals surface area (Å²) in [5.74, 6) is -2.90. The number of carbonyl (C=O) groups excluding carboxylic acids is 2. The number of carboxylic acids is 1. The van der Waals surface area contributed by atoms with Crippen LogP contribution in [0.1, 0.15) is 110 Å². The minimum Gasteiger partial charge on any atom is -0.481 e. The Kier molecular flexibility index (Phi) is 22.2. The Balaban J connectivity index is 2.44. The Morgan fingerprint density at radius 2 is 1.19 bits per heavy atom. The molecule has 1 fully saturated rings. The Bertz CT molecular complexity index is 961. The van der Waals surface area contributed by atoms with Crippen LogP contribution in [-0.4, -0.2) is 109 Å². The van der Waals surface area contributed by atoms with Gasteiger partial charge in [-0.3, -0.25) is 23.4 Å². The zero-order valence-electron chi connectivity index (χ0n) is 27.3. The summed E-state index contributed by atoms with van der Waals surface area (Å²) in [6.45, 7) is 0.727. The van der Waals surface area contributed by atoms with E-state index in [0.717, 1.165) is 38.5 Å². The molecule has 0 bridgehead atoms. The normalized spacial score (nSPS) is 24.9. The topological polar surface area (TPSA) is 247 Å². The number of hydrogen-bond donors (Lipinski definition) is 7. The molecule has 0 radical (unpaired) electrons. The first-order valence-electron chi connectivity index (χ1n) is 16.6. The Hall–Kier alpha value is -1.94. The van der Waals surface area contributed by atoms with Gasteiger partial charge in [-0.25, -0.2) is 4.57 Å². The highest BCUT2D eigenvalue weighted by atomic mass is 31.2. The highest BCUT2D eigenvalue weighted by Crippen LogP contribution is 2.47. The van der Waals surface area contributed by atoms with Gasteiger partial charge in [0.15, 0.2) is 6.10 Å². The number of carbonyl (C=O) groups is 3. The van der Waals surface area contributed by atoms with Crippen molar-refractivity contribution in [2.24, 2.45) is 0 Å². The van der Waals surface area contributed by atoms with Gasteiger partial charge in [0.2, 0.25) is 0 Å². The van der Waals surface area contributed by atoms with Gasteiger partial charge in [-0.05, 0) is 32.1 Å². The number of aliphatic carboxylic acids is 1. The molecule has 0 amide bonds. The smallest absolute Gasteiger partial charge is 0.472 e. The molecule has 1 saturated carbocycles. The molecule has 274 valence electrons. The van der Waals surface area contributed by atoms with Gasteiger partial charge in [-0.2, -0.15) is 0 Å². The van der Waals surface area contributed by atoms with Gasteiger partial charge in [-0.15, -0.1) is 0 Å². The molecule has 7 N–H and O–H groups in total. The minimum absolute atomic E-state index is 0.0776. The maximum atomic E-state index is 12.5. The number of rotatable bonds is 26. The highest BCUT2D eigenvalue weighted by Gasteiger charge is 2.51. The molecule has 0 aromatic heterocycles. The summed E-state index contributed by atoms with van der Waals surface area (Å²) in [7, 11) is -5.18. The molecule has 47 heavy (non-hydrogen) atoms. The third-order valence-electron chi connectivity index (χ3n) is 7.67. The third kappa shape index (κ3) is 19.0. The van der Waals surface area contributed by atoms with Crippen molar-refractivity contribution in [3.63, 3.8) is 0 Å². The Labute approximate surface area is 276 Å². The summed E-state index contributed by atoms with van der Waals surface area (Å²) in [6.07, 6.45) is 3.98. The van der Waals surface area contributed by atoms with Crippen LogP contribution in [0.4, 0.5) is 0 Å². The zero-order valence-corrected chi connectivity index (χ0v) is 28.2. The van der Waals surface area contributed by atoms with E-state index >= 15 is 0 Å². The minimum atomic E-state index is -5.18. The molecule has 1 aliphatic carbocycles. The number of unbranched alkanes of at least 4 members (excludes halogenated alkanes) is 11. The van der Waals surface area contributed by atoms with E-state index in [-0.39, 0.29) is 6.42 Å². The average Bonchev–Trinajstić information content (AvgIpc) is 3.03. The molecular formula is C31H55O15P. The molecule has 1 rings (SSSR count). The summed E-state index contributed by atoms with van der Waals surface area (Å²) in [5, 5.41) is 58.1. The van der Waals surface area contributed by atoms with Gasteiger partial charge in [-0.1, -0.05) is 70.4 Å². The van der Waals surface area contributed by atoms with Crippen LogP contribution < -0.4 is 0 Å². The zero-order chi connectivity index (χ0) is 35.2. The second kappa shape index (κ2) is 24.2. The van der Waals surface area contributed by atoms with Crippen LogP contribution in [0, 0.1) is 0 Å². The lowest BCUT2D eigenvalue weighted by molar-refractivity contribution is -0.220. The van der Waals surface area contributed by atoms with Gasteiger partial charge >= 0.3 is 25.7 Å². The van der Waals surface area contributed by atoms with Crippen LogP contribution in [-0.2, 0) is 37.5 Å². The summed E-state index contributed by atoms with van der Waals surface area (Å²) in [4.78, 5) is 45.2. The molecule has 6 unspecified atom stereocenters. The van der Waals surface area contributed by atoms with E-state index in [4.69, 9.17) is 23.6 Å². The third-order valence-corrected chi connectivity index (χ3v) is 8.65. The van der Waals surface area contributed by atoms with E-state index in [2.05, 4.69) is 19.1 Å². The predicted molar refractivity (Wildman–Crippen MR) is 168 cm³/mol. The molecule has 1 aliphatic rings. The first kappa shape index (κ1) is 43.1. The molecule has 0 heterocycles. The van der Waals surface area contributed by atoms with Crippen molar-refractivity contribution in [1.82, 2.24) is 0 Å². The summed E-state index contributed by atoms with van der Waals surface area (Å²) < 4.78 is 32.2. The summed E-state index contributed by atoms with van der Waals surface area (Å²) in [5.41, 5.74) is 0. The lowest BCUT2D eigenvalue weighted by atomic mass is 9.85. The molecule has 16 heteroatoms. The van der Waals surface area contributed by atoms with Crippen molar-refractivity contribution in [2.75, 3.05) is 13.2 Å². The number of phosphoric acid groups is 1. The summed E-state index contributed by atoms with van der Waals surface area (Å²) in [6, 6.07) is 0. The van der Waals surface area contributed by atoms with Crippen molar-refractivity contribution in [3.05, 3.63) is 12.2 Å². The van der Waals surface area contributed by atoms with E-state index in [1.54, 1.807) is 0 Å². The van der Waals surface area contributed by atoms with E-state index in [1.807, 2.05) is 0 Å². The van der Waals surface area contributed by atoms with Crippen molar-refractivity contribution < 1.29 is 73.0 Å². The van der Waals surface area contributed by atoms with E-state index in [9.17, 15) is 49.4 Å². The van der Waals surface area contributed by atoms with Crippen molar-refractivity contribution in [1.29, 1.82) is 0 Å². The fraction of sp³-hybridized carbons (Fsp3) is 0.839. The second-order valence-electron chi connectivity index (χ2n) is 11.8. The number of aliphatic hydroxyl groups excluding tert-OH is 5. The Morgan fingerprint density at radius 1 is 0.681 bits per heavy atom. The predicted octanol–water partition coefficient (Wildman–Crippen LogP) is 2.66. The first-order chi connectivity index (χ1) is 22.3. The van der Waals surface area contributed by atoms with Crippen LogP contribution in [0.15, 0.2) is 12.2 Å². The fourth-order valence-corrected chi connectivity index (χ4v) is 5.82. The number of allylic oxidation sites excluding steroid dienone is 2. The fourth-order valence-electron chi connectivity index (χ4n) is 4.85. The van der Waals surface area contributed by atoms with E-state index in [0.29, 0.717) is 6.42 Å². The SMILES string of the molecule is CCCCCCCC/C=C\CCCCCCCC(=O)OC[C@H](COP(=O)(O)OC1C(O)C(O)C(O)[C@@H](O)C1O)OC(=O)CCC(=O)O. The van der Waals surface area contributed by atoms with Crippen molar-refractivity contribution in [2.45, 2.75) is 152 Å². The van der Waals surface area contributed by atoms with Crippen LogP contribution in [0.25, 0.3) is 0 Å². The molecule has 0 aliphatic heterocycles. The van der Waals surface area contributed by atoms with Crippen LogP contribution >= 0.6 is 7.82 Å². The van der Waals surface area contributed by atoms with Crippen molar-refractivity contribution >= 4 is 25.7 Å². The van der Waals surface area contributed by atoms with Gasteiger partial charge in [0.05, 0.1) is 19.4 Å². The number of carboxylic acid groups (broad SMARTS) is 1. The number of hydrogen-bond acceptors (Lipinski definition) is 13. The standard InChI is InChI=1S/C31H55O15P/c1-2-3-4-5-6-7-8-9-10-11-12-13-14-15-16-17-24(34)43-20-22(45-25(35)19-18-23(32)33)21-44-47(41,42)46-31-29(39)27(37)26(36)28(38)30(31)40/h9-10,22,26-31,36-40H,2-8,11-21H2,1H3,(H,32,33)(H,41,42)/b10-9-/t22-,26?,27-,28?,29?,30?,31?/m1/s1. The largest absolute Gasteiger partial charge is 0.481 e. The molecular weight excluding hydrogens is 643 g/mol.